The van der Waals surface area contributed by atoms with Crippen molar-refractivity contribution in [3.63, 3.8) is 0 Å². The normalized spacial score (nSPS) is 9.61. The Labute approximate surface area is 108 Å². The molecular formula is C17H16O. The fourth-order valence-corrected chi connectivity index (χ4v) is 1.84. The molecule has 1 nitrogen and oxygen atoms in total. The van der Waals surface area contributed by atoms with Gasteiger partial charge in [0.25, 0.3) is 0 Å². The molecule has 0 bridgehead atoms. The first-order chi connectivity index (χ1) is 8.90. The Morgan fingerprint density at radius 3 is 2.22 bits per heavy atom. The predicted molar refractivity (Wildman–Crippen MR) is 74.0 cm³/mol. The van der Waals surface area contributed by atoms with Gasteiger partial charge in [0.2, 0.25) is 0 Å². The van der Waals surface area contributed by atoms with Crippen LogP contribution in [0.15, 0.2) is 54.6 Å². The second-order valence-corrected chi connectivity index (χ2v) is 4.09. The average molecular weight is 236 g/mol. The van der Waals surface area contributed by atoms with Crippen LogP contribution in [0.1, 0.15) is 23.1 Å². The van der Waals surface area contributed by atoms with E-state index in [4.69, 9.17) is 0 Å². The van der Waals surface area contributed by atoms with E-state index in [1.165, 1.54) is 5.56 Å². The van der Waals surface area contributed by atoms with Crippen molar-refractivity contribution in [2.45, 2.75) is 19.4 Å². The highest BCUT2D eigenvalue weighted by atomic mass is 16.3. The van der Waals surface area contributed by atoms with Crippen LogP contribution in [0.4, 0.5) is 0 Å². The fraction of sp³-hybridized carbons (Fsp3) is 0.176. The molecule has 0 heterocycles. The zero-order chi connectivity index (χ0) is 12.6. The number of hydrogen-bond acceptors (Lipinski definition) is 1. The third kappa shape index (κ3) is 3.48. The van der Waals surface area contributed by atoms with Crippen LogP contribution < -0.4 is 0 Å². The van der Waals surface area contributed by atoms with Crippen molar-refractivity contribution < 1.29 is 5.11 Å². The lowest BCUT2D eigenvalue weighted by Crippen LogP contribution is -1.92. The lowest BCUT2D eigenvalue weighted by molar-refractivity contribution is 0.280. The Bertz CT molecular complexity index is 547. The maximum atomic E-state index is 9.22. The van der Waals surface area contributed by atoms with Crippen molar-refractivity contribution in [2.24, 2.45) is 0 Å². The number of aryl methyl sites for hydroxylation is 1. The van der Waals surface area contributed by atoms with E-state index in [-0.39, 0.29) is 6.61 Å². The van der Waals surface area contributed by atoms with Gasteiger partial charge in [0.15, 0.2) is 0 Å². The molecule has 0 unspecified atom stereocenters. The van der Waals surface area contributed by atoms with E-state index in [2.05, 4.69) is 17.9 Å². The molecule has 1 N–H and O–H groups in total. The van der Waals surface area contributed by atoms with Crippen LogP contribution in [0.25, 0.3) is 0 Å². The van der Waals surface area contributed by atoms with Crippen molar-refractivity contribution in [3.8, 4) is 11.8 Å². The standard InChI is InChI=1S/C17H16O/c18-14-17-13-7-6-12-16(17)11-5-4-10-15-8-2-1-3-9-15/h1-3,6-9,12-13,18H,5,11,14H2. The minimum absolute atomic E-state index is 0.0995. The first kappa shape index (κ1) is 12.4. The quantitative estimate of drug-likeness (QED) is 0.812. The minimum Gasteiger partial charge on any atom is -0.392 e. The summed E-state index contributed by atoms with van der Waals surface area (Å²) in [5, 5.41) is 9.22. The van der Waals surface area contributed by atoms with Gasteiger partial charge in [-0.3, -0.25) is 0 Å². The number of rotatable bonds is 3. The smallest absolute Gasteiger partial charge is 0.0684 e. The summed E-state index contributed by atoms with van der Waals surface area (Å²) in [6.07, 6.45) is 1.70. The maximum absolute atomic E-state index is 9.22. The summed E-state index contributed by atoms with van der Waals surface area (Å²) in [7, 11) is 0. The lowest BCUT2D eigenvalue weighted by atomic mass is 10.0. The van der Waals surface area contributed by atoms with Crippen molar-refractivity contribution >= 4 is 0 Å². The molecule has 0 aliphatic carbocycles. The van der Waals surface area contributed by atoms with Gasteiger partial charge < -0.3 is 5.11 Å². The second kappa shape index (κ2) is 6.64. The first-order valence-electron chi connectivity index (χ1n) is 6.11. The zero-order valence-corrected chi connectivity index (χ0v) is 10.3. The van der Waals surface area contributed by atoms with E-state index in [1.54, 1.807) is 0 Å². The summed E-state index contributed by atoms with van der Waals surface area (Å²) in [5.41, 5.74) is 3.23. The molecule has 0 atom stereocenters. The second-order valence-electron chi connectivity index (χ2n) is 4.09. The van der Waals surface area contributed by atoms with Gasteiger partial charge in [-0.2, -0.15) is 0 Å². The highest BCUT2D eigenvalue weighted by Crippen LogP contribution is 2.10. The molecule has 0 fully saturated rings. The average Bonchev–Trinajstić information content (AvgIpc) is 2.45. The molecule has 0 radical (unpaired) electrons. The minimum atomic E-state index is 0.0995. The van der Waals surface area contributed by atoms with Crippen LogP contribution in [0.5, 0.6) is 0 Å². The third-order valence-electron chi connectivity index (χ3n) is 2.81. The van der Waals surface area contributed by atoms with E-state index >= 15 is 0 Å². The topological polar surface area (TPSA) is 20.2 Å². The molecule has 0 amide bonds. The molecule has 2 aromatic carbocycles. The summed E-state index contributed by atoms with van der Waals surface area (Å²) in [6, 6.07) is 17.9. The highest BCUT2D eigenvalue weighted by molar-refractivity contribution is 5.34. The molecule has 0 aliphatic rings. The summed E-state index contributed by atoms with van der Waals surface area (Å²) < 4.78 is 0. The molecule has 0 aromatic heterocycles. The molecule has 0 spiro atoms. The number of benzene rings is 2. The molecule has 0 aliphatic heterocycles. The van der Waals surface area contributed by atoms with Crippen molar-refractivity contribution in [1.29, 1.82) is 0 Å². The Morgan fingerprint density at radius 1 is 0.833 bits per heavy atom. The Morgan fingerprint density at radius 2 is 1.50 bits per heavy atom. The van der Waals surface area contributed by atoms with E-state index < -0.39 is 0 Å². The summed E-state index contributed by atoms with van der Waals surface area (Å²) in [4.78, 5) is 0. The van der Waals surface area contributed by atoms with Gasteiger partial charge in [0.1, 0.15) is 0 Å². The SMILES string of the molecule is OCc1ccccc1CCC#Cc1ccccc1. The van der Waals surface area contributed by atoms with E-state index in [9.17, 15) is 5.11 Å². The van der Waals surface area contributed by atoms with E-state index in [1.807, 2.05) is 48.5 Å². The maximum Gasteiger partial charge on any atom is 0.0684 e. The van der Waals surface area contributed by atoms with Crippen LogP contribution >= 0.6 is 0 Å². The van der Waals surface area contributed by atoms with Gasteiger partial charge in [0, 0.05) is 12.0 Å². The van der Waals surface area contributed by atoms with Crippen LogP contribution in [-0.4, -0.2) is 5.11 Å². The summed E-state index contributed by atoms with van der Waals surface area (Å²) in [6.45, 7) is 0.0995. The van der Waals surface area contributed by atoms with Gasteiger partial charge in [-0.15, -0.1) is 0 Å². The molecule has 0 saturated heterocycles. The molecule has 1 heteroatoms. The monoisotopic (exact) mass is 236 g/mol. The fourth-order valence-electron chi connectivity index (χ4n) is 1.84. The molecule has 2 rings (SSSR count). The van der Waals surface area contributed by atoms with Gasteiger partial charge in [-0.1, -0.05) is 54.3 Å². The Kier molecular flexibility index (Phi) is 4.58. The third-order valence-corrected chi connectivity index (χ3v) is 2.81. The summed E-state index contributed by atoms with van der Waals surface area (Å²) in [5.74, 6) is 6.31. The summed E-state index contributed by atoms with van der Waals surface area (Å²) >= 11 is 0. The van der Waals surface area contributed by atoms with Crippen molar-refractivity contribution in [2.75, 3.05) is 0 Å². The largest absolute Gasteiger partial charge is 0.392 e. The zero-order valence-electron chi connectivity index (χ0n) is 10.3. The molecule has 2 aromatic rings. The molecule has 90 valence electrons. The van der Waals surface area contributed by atoms with Crippen LogP contribution in [-0.2, 0) is 13.0 Å². The van der Waals surface area contributed by atoms with Crippen LogP contribution in [0.3, 0.4) is 0 Å². The predicted octanol–water partition coefficient (Wildman–Crippen LogP) is 3.16. The van der Waals surface area contributed by atoms with Crippen LogP contribution in [0, 0.1) is 11.8 Å². The van der Waals surface area contributed by atoms with Gasteiger partial charge in [-0.05, 0) is 29.7 Å². The van der Waals surface area contributed by atoms with Gasteiger partial charge >= 0.3 is 0 Å². The number of aliphatic hydroxyl groups is 1. The highest BCUT2D eigenvalue weighted by Gasteiger charge is 1.98. The molecule has 18 heavy (non-hydrogen) atoms. The number of aliphatic hydroxyl groups excluding tert-OH is 1. The molecular weight excluding hydrogens is 220 g/mol. The van der Waals surface area contributed by atoms with E-state index in [0.717, 1.165) is 24.0 Å². The van der Waals surface area contributed by atoms with Crippen molar-refractivity contribution in [1.82, 2.24) is 0 Å². The first-order valence-corrected chi connectivity index (χ1v) is 6.11. The lowest BCUT2D eigenvalue weighted by Gasteiger charge is -2.03. The van der Waals surface area contributed by atoms with Gasteiger partial charge in [0.05, 0.1) is 6.61 Å². The van der Waals surface area contributed by atoms with Crippen molar-refractivity contribution in [3.05, 3.63) is 71.3 Å². The van der Waals surface area contributed by atoms with Gasteiger partial charge in [-0.25, -0.2) is 0 Å². The van der Waals surface area contributed by atoms with Crippen LogP contribution in [0.2, 0.25) is 0 Å². The number of hydrogen-bond donors (Lipinski definition) is 1. The Hall–Kier alpha value is -2.04. The molecule has 0 saturated carbocycles. The Balaban J connectivity index is 1.95. The van der Waals surface area contributed by atoms with E-state index in [0.29, 0.717) is 0 Å².